The van der Waals surface area contributed by atoms with Crippen molar-refractivity contribution in [2.45, 2.75) is 52.7 Å². The molecule has 5 heteroatoms. The average Bonchev–Trinajstić information content (AvgIpc) is 2.55. The highest BCUT2D eigenvalue weighted by Gasteiger charge is 2.47. The molecule has 26 heavy (non-hydrogen) atoms. The van der Waals surface area contributed by atoms with Crippen molar-refractivity contribution in [1.29, 1.82) is 0 Å². The lowest BCUT2D eigenvalue weighted by Crippen LogP contribution is -2.49. The van der Waals surface area contributed by atoms with Gasteiger partial charge >= 0.3 is 5.70 Å². The Morgan fingerprint density at radius 2 is 1.92 bits per heavy atom. The normalized spacial score (nSPS) is 19.7. The Morgan fingerprint density at radius 3 is 2.50 bits per heavy atom. The minimum absolute atomic E-state index is 0.0797. The molecule has 0 unspecified atom stereocenters. The Hall–Kier alpha value is -2.71. The number of carbonyl (C=O) groups excluding carboxylic acids is 1. The Kier molecular flexibility index (Phi) is 5.20. The van der Waals surface area contributed by atoms with E-state index in [1.807, 2.05) is 19.1 Å². The molecule has 1 heterocycles. The second-order valence-corrected chi connectivity index (χ2v) is 7.26. The summed E-state index contributed by atoms with van der Waals surface area (Å²) in [6, 6.07) is 5.51. The molecule has 0 atom stereocenters. The molecule has 1 aromatic carbocycles. The Morgan fingerprint density at radius 1 is 1.27 bits per heavy atom. The van der Waals surface area contributed by atoms with Crippen LogP contribution in [0.25, 0.3) is 16.1 Å². The topological polar surface area (TPSA) is 63.3 Å². The molecule has 1 aromatic rings. The minimum Gasteiger partial charge on any atom is -0.508 e. The minimum atomic E-state index is -1.04. The summed E-state index contributed by atoms with van der Waals surface area (Å²) < 4.78 is 5.80. The summed E-state index contributed by atoms with van der Waals surface area (Å²) >= 11 is 0. The molecule has 1 N–H and O–H groups in total. The highest BCUT2D eigenvalue weighted by Crippen LogP contribution is 2.41. The molecule has 2 rings (SSSR count). The number of aliphatic hydroxyl groups is 1. The van der Waals surface area contributed by atoms with Crippen LogP contribution in [0, 0.1) is 13.5 Å². The Balaban J connectivity index is 2.73. The number of ketones is 1. The lowest BCUT2D eigenvalue weighted by Gasteiger charge is -2.40. The van der Waals surface area contributed by atoms with Crippen LogP contribution < -0.4 is 0 Å². The first-order valence-electron chi connectivity index (χ1n) is 8.44. The van der Waals surface area contributed by atoms with Gasteiger partial charge in [-0.15, -0.1) is 0 Å². The molecule has 136 valence electrons. The van der Waals surface area contributed by atoms with Crippen LogP contribution in [0.5, 0.6) is 0 Å². The van der Waals surface area contributed by atoms with Crippen LogP contribution in [0.2, 0.25) is 0 Å². The molecule has 0 spiro atoms. The predicted molar refractivity (Wildman–Crippen MR) is 105 cm³/mol. The number of nitrogens with zero attached hydrogens (tertiary/aromatic N) is 2. The smallest absolute Gasteiger partial charge is 0.365 e. The number of hydrogen-bond acceptors (Lipinski definition) is 4. The van der Waals surface area contributed by atoms with E-state index in [-0.39, 0.29) is 17.1 Å². The number of aliphatic hydroxyl groups excluding tert-OH is 1. The number of carbonyl (C=O) groups is 1. The van der Waals surface area contributed by atoms with E-state index in [0.29, 0.717) is 16.8 Å². The van der Waals surface area contributed by atoms with Crippen LogP contribution in [-0.2, 0) is 9.53 Å². The van der Waals surface area contributed by atoms with Crippen molar-refractivity contribution in [3.05, 3.63) is 51.7 Å². The van der Waals surface area contributed by atoms with Crippen molar-refractivity contribution in [3.8, 4) is 6.57 Å². The first-order chi connectivity index (χ1) is 12.0. The van der Waals surface area contributed by atoms with Gasteiger partial charge in [-0.2, -0.15) is 0 Å². The van der Waals surface area contributed by atoms with E-state index in [1.165, 1.54) is 0 Å². The van der Waals surface area contributed by atoms with Crippen molar-refractivity contribution < 1.29 is 14.6 Å². The number of rotatable bonds is 3. The molecule has 0 bridgehead atoms. The van der Waals surface area contributed by atoms with E-state index >= 15 is 0 Å². The largest absolute Gasteiger partial charge is 0.508 e. The zero-order chi connectivity index (χ0) is 19.7. The van der Waals surface area contributed by atoms with Crippen molar-refractivity contribution in [2.75, 3.05) is 0 Å². The summed E-state index contributed by atoms with van der Waals surface area (Å²) in [5, 5.41) is 10.8. The molecule has 0 amide bonds. The first kappa shape index (κ1) is 19.6. The van der Waals surface area contributed by atoms with Gasteiger partial charge < -0.3 is 9.84 Å². The van der Waals surface area contributed by atoms with E-state index in [0.717, 1.165) is 5.56 Å². The number of benzene rings is 1. The summed E-state index contributed by atoms with van der Waals surface area (Å²) in [6.45, 7) is 16.1. The van der Waals surface area contributed by atoms with Gasteiger partial charge in [0, 0.05) is 6.21 Å². The van der Waals surface area contributed by atoms with E-state index in [9.17, 15) is 9.90 Å². The van der Waals surface area contributed by atoms with Crippen LogP contribution in [0.3, 0.4) is 0 Å². The summed E-state index contributed by atoms with van der Waals surface area (Å²) in [4.78, 5) is 20.8. The molecule has 0 aromatic heterocycles. The number of Topliss-reactive ketones (excluding diaryl/α,β-unsaturated/α-hetero) is 1. The Bertz CT molecular complexity index is 881. The van der Waals surface area contributed by atoms with Crippen LogP contribution in [-0.4, -0.2) is 28.3 Å². The molecule has 0 aliphatic carbocycles. The zero-order valence-electron chi connectivity index (χ0n) is 16.1. The molecule has 0 fully saturated rings. The third-order valence-electron chi connectivity index (χ3n) is 4.38. The van der Waals surface area contributed by atoms with Gasteiger partial charge in [0.1, 0.15) is 23.2 Å². The maximum atomic E-state index is 13.0. The van der Waals surface area contributed by atoms with E-state index in [1.54, 1.807) is 53.1 Å². The maximum absolute atomic E-state index is 13.0. The van der Waals surface area contributed by atoms with Gasteiger partial charge in [-0.05, 0) is 69.6 Å². The van der Waals surface area contributed by atoms with Crippen LogP contribution in [0.4, 0.5) is 0 Å². The van der Waals surface area contributed by atoms with Crippen molar-refractivity contribution >= 4 is 23.3 Å². The number of ether oxygens (including phenoxy) is 1. The van der Waals surface area contributed by atoms with Crippen molar-refractivity contribution in [1.82, 2.24) is 0 Å². The molecule has 0 radical (unpaired) electrons. The zero-order valence-corrected chi connectivity index (χ0v) is 16.1. The molecular formula is C21H25N2O3+. The van der Waals surface area contributed by atoms with Gasteiger partial charge in [0.25, 0.3) is 6.57 Å². The highest BCUT2D eigenvalue weighted by molar-refractivity contribution is 6.26. The average molecular weight is 353 g/mol. The summed E-state index contributed by atoms with van der Waals surface area (Å²) in [5.74, 6) is -0.347. The van der Waals surface area contributed by atoms with Gasteiger partial charge in [0.15, 0.2) is 5.78 Å². The fourth-order valence-corrected chi connectivity index (χ4v) is 3.07. The van der Waals surface area contributed by atoms with Crippen molar-refractivity contribution in [2.24, 2.45) is 4.99 Å². The second-order valence-electron chi connectivity index (χ2n) is 7.26. The molecule has 1 aliphatic heterocycles. The molecule has 0 saturated heterocycles. The third kappa shape index (κ3) is 3.47. The van der Waals surface area contributed by atoms with E-state index < -0.39 is 11.2 Å². The molecule has 5 nitrogen and oxygen atoms in total. The number of hydrogen-bond donors (Lipinski definition) is 1. The number of aliphatic imine (C=N–C) groups is 1. The highest BCUT2D eigenvalue weighted by atomic mass is 16.5. The SMILES string of the molecule is C#[N+]C(=CN=CC)c1ccc(C)c(C2=C(O)C(C)(C)OC(C)(C)C2=O)c1. The third-order valence-corrected chi connectivity index (χ3v) is 4.38. The summed E-state index contributed by atoms with van der Waals surface area (Å²) in [6.07, 6.45) is 3.17. The Labute approximate surface area is 154 Å². The fourth-order valence-electron chi connectivity index (χ4n) is 3.07. The van der Waals surface area contributed by atoms with Gasteiger partial charge in [0.05, 0.1) is 11.1 Å². The van der Waals surface area contributed by atoms with Gasteiger partial charge in [-0.25, -0.2) is 0 Å². The van der Waals surface area contributed by atoms with Crippen LogP contribution in [0.15, 0.2) is 35.2 Å². The second kappa shape index (κ2) is 6.89. The number of aryl methyl sites for hydroxylation is 1. The standard InChI is InChI=1S/C21H24N2O3/c1-8-23-12-16(22-7)14-10-9-13(2)15(11-14)17-18(24)20(3,4)26-21(5,6)19(17)25/h7-12H,1-6H3/p+1. The van der Waals surface area contributed by atoms with Crippen LogP contribution in [0.1, 0.15) is 51.3 Å². The molecular weight excluding hydrogens is 328 g/mol. The molecule has 0 saturated carbocycles. The van der Waals surface area contributed by atoms with Gasteiger partial charge in [-0.1, -0.05) is 6.07 Å². The van der Waals surface area contributed by atoms with Crippen molar-refractivity contribution in [3.63, 3.8) is 0 Å². The van der Waals surface area contributed by atoms with E-state index in [2.05, 4.69) is 9.84 Å². The van der Waals surface area contributed by atoms with E-state index in [4.69, 9.17) is 11.3 Å². The first-order valence-corrected chi connectivity index (χ1v) is 8.44. The maximum Gasteiger partial charge on any atom is 0.365 e. The fraction of sp³-hybridized carbons (Fsp3) is 0.381. The van der Waals surface area contributed by atoms with Gasteiger partial charge in [0.2, 0.25) is 0 Å². The lowest BCUT2D eigenvalue weighted by atomic mass is 9.81. The molecule has 1 aliphatic rings. The lowest BCUT2D eigenvalue weighted by molar-refractivity contribution is -0.158. The predicted octanol–water partition coefficient (Wildman–Crippen LogP) is 4.77. The monoisotopic (exact) mass is 353 g/mol. The summed E-state index contributed by atoms with van der Waals surface area (Å²) in [7, 11) is 0. The quantitative estimate of drug-likeness (QED) is 0.796. The van der Waals surface area contributed by atoms with Crippen LogP contribution >= 0.6 is 0 Å². The summed E-state index contributed by atoms with van der Waals surface area (Å²) in [5.41, 5.74) is 0.907. The van der Waals surface area contributed by atoms with Gasteiger partial charge in [-0.3, -0.25) is 9.79 Å².